The van der Waals surface area contributed by atoms with Crippen LogP contribution in [0.5, 0.6) is 0 Å². The average Bonchev–Trinajstić information content (AvgIpc) is 1.98. The molecule has 5 heteroatoms. The van der Waals surface area contributed by atoms with E-state index in [4.69, 9.17) is 0 Å². The second kappa shape index (κ2) is 9.82. The van der Waals surface area contributed by atoms with Crippen LogP contribution in [0.25, 0.3) is 0 Å². The number of rotatable bonds is 5. The number of methoxy groups -OCH3 is 1. The molecule has 0 atom stereocenters. The van der Waals surface area contributed by atoms with Crippen LogP contribution in [0, 0.1) is 6.08 Å². The summed E-state index contributed by atoms with van der Waals surface area (Å²) in [5.74, 6) is -0.629. The summed E-state index contributed by atoms with van der Waals surface area (Å²) >= 11 is 0. The van der Waals surface area contributed by atoms with Crippen molar-refractivity contribution < 1.29 is 40.1 Å². The van der Waals surface area contributed by atoms with Crippen LogP contribution < -0.4 is 0 Å². The van der Waals surface area contributed by atoms with Gasteiger partial charge in [-0.2, -0.15) is 0 Å². The fourth-order valence-corrected chi connectivity index (χ4v) is 0.264. The number of carbonyl (C=O) groups excluding carboxylic acids is 1. The molecule has 0 aromatic rings. The second-order valence-electron chi connectivity index (χ2n) is 1.34. The van der Waals surface area contributed by atoms with Crippen molar-refractivity contribution in [2.75, 3.05) is 20.7 Å². The standard InChI is InChI=1S/C6H9O4.W/c1-3-6(7)10-5-9-4-8-2;/h1,4-5H2,2H3;/q-1;. The molecule has 0 fully saturated rings. The summed E-state index contributed by atoms with van der Waals surface area (Å²) in [5, 5.41) is 0. The van der Waals surface area contributed by atoms with E-state index in [0.29, 0.717) is 0 Å². The topological polar surface area (TPSA) is 44.8 Å². The molecule has 0 unspecified atom stereocenters. The molecule has 0 N–H and O–H groups in total. The molecule has 0 spiro atoms. The summed E-state index contributed by atoms with van der Waals surface area (Å²) in [5.41, 5.74) is 0. The van der Waals surface area contributed by atoms with E-state index < -0.39 is 5.97 Å². The molecular weight excluding hydrogens is 320 g/mol. The zero-order chi connectivity index (χ0) is 7.82. The van der Waals surface area contributed by atoms with Crippen molar-refractivity contribution >= 4 is 5.97 Å². The van der Waals surface area contributed by atoms with Crippen LogP contribution in [-0.4, -0.2) is 26.7 Å². The van der Waals surface area contributed by atoms with E-state index in [1.807, 2.05) is 6.08 Å². The van der Waals surface area contributed by atoms with Gasteiger partial charge in [0.1, 0.15) is 12.8 Å². The van der Waals surface area contributed by atoms with Crippen LogP contribution in [0.1, 0.15) is 0 Å². The Kier molecular flexibility index (Phi) is 12.0. The molecular formula is C6H9O4W-. The van der Waals surface area contributed by atoms with Gasteiger partial charge in [-0.3, -0.25) is 11.4 Å². The first kappa shape index (κ1) is 13.4. The molecule has 0 aromatic carbocycles. The van der Waals surface area contributed by atoms with Gasteiger partial charge in [-0.25, -0.2) is 0 Å². The molecule has 4 nitrogen and oxygen atoms in total. The van der Waals surface area contributed by atoms with Gasteiger partial charge in [0.05, 0.1) is 0 Å². The van der Waals surface area contributed by atoms with Gasteiger partial charge in [0.2, 0.25) is 0 Å². The molecule has 0 aromatic heterocycles. The summed E-state index contributed by atoms with van der Waals surface area (Å²) in [7, 11) is 1.47. The molecule has 0 aliphatic rings. The average molecular weight is 329 g/mol. The maximum absolute atomic E-state index is 10.3. The predicted molar refractivity (Wildman–Crippen MR) is 32.8 cm³/mol. The summed E-state index contributed by atoms with van der Waals surface area (Å²) in [6.45, 7) is 3.04. The Labute approximate surface area is 79.8 Å². The second-order valence-corrected chi connectivity index (χ2v) is 1.34. The Bertz CT molecular complexity index is 115. The van der Waals surface area contributed by atoms with Crippen molar-refractivity contribution in [1.82, 2.24) is 0 Å². The SMILES string of the molecule is C=[C-]C(=O)OCOCOC.[W]. The predicted octanol–water partition coefficient (Wildman–Crippen LogP) is 0.0943. The van der Waals surface area contributed by atoms with Gasteiger partial charge in [-0.05, 0) is 0 Å². The zero-order valence-electron chi connectivity index (χ0n) is 6.16. The van der Waals surface area contributed by atoms with Crippen molar-refractivity contribution in [3.05, 3.63) is 12.7 Å². The largest absolute Gasteiger partial charge is 0.464 e. The molecule has 11 heavy (non-hydrogen) atoms. The van der Waals surface area contributed by atoms with Crippen molar-refractivity contribution in [2.45, 2.75) is 0 Å². The molecule has 0 amide bonds. The normalized spacial score (nSPS) is 8.09. The Morgan fingerprint density at radius 3 is 2.64 bits per heavy atom. The maximum atomic E-state index is 10.3. The maximum Gasteiger partial charge on any atom is 0.191 e. The molecule has 0 saturated carbocycles. The molecule has 0 rings (SSSR count). The van der Waals surface area contributed by atoms with Crippen molar-refractivity contribution in [2.24, 2.45) is 0 Å². The zero-order valence-corrected chi connectivity index (χ0v) is 9.10. The van der Waals surface area contributed by atoms with Crippen LogP contribution in [0.2, 0.25) is 0 Å². The minimum absolute atomic E-state index is 0. The number of carbonyl (C=O) groups is 1. The third kappa shape index (κ3) is 9.82. The number of hydrogen-bond donors (Lipinski definition) is 0. The van der Waals surface area contributed by atoms with Gasteiger partial charge in [0, 0.05) is 28.2 Å². The molecule has 0 bridgehead atoms. The summed E-state index contributed by atoms with van der Waals surface area (Å²) < 4.78 is 13.5. The first-order valence-corrected chi connectivity index (χ1v) is 2.57. The molecule has 0 aliphatic carbocycles. The summed E-state index contributed by atoms with van der Waals surface area (Å²) in [4.78, 5) is 10.3. The van der Waals surface area contributed by atoms with E-state index in [2.05, 4.69) is 20.8 Å². The first-order valence-electron chi connectivity index (χ1n) is 2.57. The van der Waals surface area contributed by atoms with E-state index in [9.17, 15) is 4.79 Å². The van der Waals surface area contributed by atoms with Gasteiger partial charge >= 0.3 is 0 Å². The van der Waals surface area contributed by atoms with Crippen LogP contribution >= 0.6 is 0 Å². The van der Waals surface area contributed by atoms with E-state index in [1.165, 1.54) is 7.11 Å². The molecule has 0 radical (unpaired) electrons. The van der Waals surface area contributed by atoms with Gasteiger partial charge in [-0.1, -0.05) is 0 Å². The minimum Gasteiger partial charge on any atom is -0.464 e. The molecule has 0 aliphatic heterocycles. The van der Waals surface area contributed by atoms with Crippen LogP contribution in [0.15, 0.2) is 6.58 Å². The Morgan fingerprint density at radius 1 is 1.55 bits per heavy atom. The van der Waals surface area contributed by atoms with Gasteiger partial charge in [0.25, 0.3) is 0 Å². The van der Waals surface area contributed by atoms with Gasteiger partial charge in [0.15, 0.2) is 6.79 Å². The summed E-state index contributed by atoms with van der Waals surface area (Å²) in [6, 6.07) is 0. The quantitative estimate of drug-likeness (QED) is 0.236. The minimum atomic E-state index is -0.629. The fraction of sp³-hybridized carbons (Fsp3) is 0.500. The van der Waals surface area contributed by atoms with Crippen LogP contribution in [-0.2, 0) is 40.1 Å². The Balaban J connectivity index is 0. The number of esters is 1. The van der Waals surface area contributed by atoms with E-state index >= 15 is 0 Å². The van der Waals surface area contributed by atoms with Crippen molar-refractivity contribution in [3.8, 4) is 0 Å². The van der Waals surface area contributed by atoms with Gasteiger partial charge in [-0.15, -0.1) is 0 Å². The van der Waals surface area contributed by atoms with Crippen LogP contribution in [0.3, 0.4) is 0 Å². The van der Waals surface area contributed by atoms with E-state index in [0.717, 1.165) is 0 Å². The fourth-order valence-electron chi connectivity index (χ4n) is 0.264. The van der Waals surface area contributed by atoms with Crippen molar-refractivity contribution in [3.63, 3.8) is 0 Å². The first-order chi connectivity index (χ1) is 4.81. The smallest absolute Gasteiger partial charge is 0.191 e. The van der Waals surface area contributed by atoms with E-state index in [-0.39, 0.29) is 34.7 Å². The third-order valence-corrected chi connectivity index (χ3v) is 0.619. The summed E-state index contributed by atoms with van der Waals surface area (Å²) in [6.07, 6.45) is 2.01. The monoisotopic (exact) mass is 329 g/mol. The van der Waals surface area contributed by atoms with Crippen LogP contribution in [0.4, 0.5) is 0 Å². The Hall–Kier alpha value is -0.182. The van der Waals surface area contributed by atoms with Gasteiger partial charge < -0.3 is 20.3 Å². The van der Waals surface area contributed by atoms with E-state index in [1.54, 1.807) is 0 Å². The molecule has 64 valence electrons. The number of hydrogen-bond acceptors (Lipinski definition) is 4. The van der Waals surface area contributed by atoms with Crippen molar-refractivity contribution in [1.29, 1.82) is 0 Å². The number of ether oxygens (including phenoxy) is 3. The Morgan fingerprint density at radius 2 is 2.18 bits per heavy atom. The molecule has 0 saturated heterocycles. The molecule has 0 heterocycles. The third-order valence-electron chi connectivity index (χ3n) is 0.619.